The van der Waals surface area contributed by atoms with E-state index in [1.54, 1.807) is 0 Å². The van der Waals surface area contributed by atoms with Crippen molar-refractivity contribution in [1.82, 2.24) is 0 Å². The summed E-state index contributed by atoms with van der Waals surface area (Å²) in [5.41, 5.74) is 6.68. The molecule has 0 aliphatic carbocycles. The summed E-state index contributed by atoms with van der Waals surface area (Å²) < 4.78 is 0. The van der Waals surface area contributed by atoms with Crippen molar-refractivity contribution in [2.24, 2.45) is 0 Å². The fraction of sp³-hybridized carbons (Fsp3) is 0.100. The van der Waals surface area contributed by atoms with E-state index in [2.05, 4.69) is 90.8 Å². The van der Waals surface area contributed by atoms with Crippen LogP contribution < -0.4 is 4.90 Å². The zero-order valence-corrected chi connectivity index (χ0v) is 12.0. The first-order valence-electron chi connectivity index (χ1n) is 7.32. The van der Waals surface area contributed by atoms with Gasteiger partial charge in [-0.1, -0.05) is 72.8 Å². The van der Waals surface area contributed by atoms with E-state index in [1.165, 1.54) is 27.9 Å². The highest BCUT2D eigenvalue weighted by atomic mass is 15.1. The SMILES string of the molecule is CN1c2ccccc2-c2ccccc2C1c1ccccc1. The highest BCUT2D eigenvalue weighted by molar-refractivity contribution is 5.85. The molecule has 102 valence electrons. The number of nitrogens with zero attached hydrogens (tertiary/aromatic N) is 1. The number of rotatable bonds is 1. The van der Waals surface area contributed by atoms with Gasteiger partial charge in [0.2, 0.25) is 0 Å². The average molecular weight is 271 g/mol. The first kappa shape index (κ1) is 12.2. The zero-order valence-electron chi connectivity index (χ0n) is 12.0. The van der Waals surface area contributed by atoms with Gasteiger partial charge in [0.1, 0.15) is 0 Å². The number of hydrogen-bond donors (Lipinski definition) is 0. The Balaban J connectivity index is 1.99. The summed E-state index contributed by atoms with van der Waals surface area (Å²) in [5.74, 6) is 0. The van der Waals surface area contributed by atoms with Gasteiger partial charge in [0.25, 0.3) is 0 Å². The molecule has 1 atom stereocenters. The summed E-state index contributed by atoms with van der Waals surface area (Å²) in [5, 5.41) is 0. The maximum absolute atomic E-state index is 2.38. The normalized spacial score (nSPS) is 16.2. The highest BCUT2D eigenvalue weighted by Crippen LogP contribution is 2.45. The standard InChI is InChI=1S/C20H17N/c1-21-19-14-8-7-12-17(19)16-11-5-6-13-18(16)20(21)15-9-3-2-4-10-15/h2-14,20H,1H3. The number of hydrogen-bond acceptors (Lipinski definition) is 1. The van der Waals surface area contributed by atoms with Crippen molar-refractivity contribution in [3.05, 3.63) is 90.0 Å². The number of benzene rings is 3. The number of anilines is 1. The minimum absolute atomic E-state index is 0.275. The van der Waals surface area contributed by atoms with Crippen LogP contribution in [0.2, 0.25) is 0 Å². The van der Waals surface area contributed by atoms with Gasteiger partial charge in [-0.25, -0.2) is 0 Å². The van der Waals surface area contributed by atoms with Crippen LogP contribution in [0, 0.1) is 0 Å². The second-order valence-electron chi connectivity index (χ2n) is 5.53. The molecule has 0 fully saturated rings. The smallest absolute Gasteiger partial charge is 0.0798 e. The molecule has 0 bridgehead atoms. The Bertz CT molecular complexity index is 777. The Morgan fingerprint density at radius 3 is 2.10 bits per heavy atom. The fourth-order valence-corrected chi connectivity index (χ4v) is 3.38. The Morgan fingerprint density at radius 2 is 1.29 bits per heavy atom. The second-order valence-corrected chi connectivity index (χ2v) is 5.53. The molecule has 1 unspecified atom stereocenters. The predicted octanol–water partition coefficient (Wildman–Crippen LogP) is 4.89. The minimum atomic E-state index is 0.275. The third kappa shape index (κ3) is 1.85. The van der Waals surface area contributed by atoms with Gasteiger partial charge in [0.05, 0.1) is 6.04 Å². The van der Waals surface area contributed by atoms with E-state index in [0.717, 1.165) is 0 Å². The maximum atomic E-state index is 2.38. The molecule has 1 nitrogen and oxygen atoms in total. The van der Waals surface area contributed by atoms with Crippen LogP contribution in [-0.4, -0.2) is 7.05 Å². The fourth-order valence-electron chi connectivity index (χ4n) is 3.38. The van der Waals surface area contributed by atoms with Crippen molar-refractivity contribution < 1.29 is 0 Å². The van der Waals surface area contributed by atoms with E-state index >= 15 is 0 Å². The van der Waals surface area contributed by atoms with Crippen LogP contribution in [0.4, 0.5) is 5.69 Å². The van der Waals surface area contributed by atoms with Crippen LogP contribution in [0.3, 0.4) is 0 Å². The van der Waals surface area contributed by atoms with Crippen molar-refractivity contribution in [3.63, 3.8) is 0 Å². The molecule has 0 amide bonds. The zero-order chi connectivity index (χ0) is 14.2. The monoisotopic (exact) mass is 271 g/mol. The van der Waals surface area contributed by atoms with Gasteiger partial charge < -0.3 is 4.90 Å². The van der Waals surface area contributed by atoms with Crippen LogP contribution in [-0.2, 0) is 0 Å². The first-order chi connectivity index (χ1) is 10.4. The molecule has 21 heavy (non-hydrogen) atoms. The van der Waals surface area contributed by atoms with Gasteiger partial charge in [0, 0.05) is 18.3 Å². The summed E-state index contributed by atoms with van der Waals surface area (Å²) in [6.45, 7) is 0. The van der Waals surface area contributed by atoms with Gasteiger partial charge in [-0.2, -0.15) is 0 Å². The predicted molar refractivity (Wildman–Crippen MR) is 88.6 cm³/mol. The van der Waals surface area contributed by atoms with E-state index in [-0.39, 0.29) is 6.04 Å². The summed E-state index contributed by atoms with van der Waals surface area (Å²) in [6.07, 6.45) is 0. The Kier molecular flexibility index (Phi) is 2.78. The molecule has 0 spiro atoms. The van der Waals surface area contributed by atoms with Crippen molar-refractivity contribution >= 4 is 5.69 Å². The van der Waals surface area contributed by atoms with Crippen LogP contribution in [0.1, 0.15) is 17.2 Å². The lowest BCUT2D eigenvalue weighted by Gasteiger charge is -2.38. The molecule has 3 aromatic carbocycles. The number of para-hydroxylation sites is 1. The summed E-state index contributed by atoms with van der Waals surface area (Å²) in [4.78, 5) is 2.38. The lowest BCUT2D eigenvalue weighted by molar-refractivity contribution is 0.774. The molecular weight excluding hydrogens is 254 g/mol. The van der Waals surface area contributed by atoms with Gasteiger partial charge in [-0.15, -0.1) is 0 Å². The molecule has 0 N–H and O–H groups in total. The minimum Gasteiger partial charge on any atom is -0.363 e. The molecular formula is C20H17N. The van der Waals surface area contributed by atoms with E-state index in [9.17, 15) is 0 Å². The van der Waals surface area contributed by atoms with Gasteiger partial charge in [-0.05, 0) is 22.8 Å². The van der Waals surface area contributed by atoms with E-state index in [1.807, 2.05) is 0 Å². The van der Waals surface area contributed by atoms with Crippen LogP contribution in [0.15, 0.2) is 78.9 Å². The van der Waals surface area contributed by atoms with Crippen LogP contribution in [0.5, 0.6) is 0 Å². The van der Waals surface area contributed by atoms with Crippen molar-refractivity contribution in [3.8, 4) is 11.1 Å². The van der Waals surface area contributed by atoms with Gasteiger partial charge in [0.15, 0.2) is 0 Å². The summed E-state index contributed by atoms with van der Waals surface area (Å²) in [7, 11) is 2.19. The lowest BCUT2D eigenvalue weighted by Crippen LogP contribution is -2.29. The van der Waals surface area contributed by atoms with E-state index < -0.39 is 0 Å². The molecule has 0 saturated carbocycles. The molecule has 3 aromatic rings. The molecule has 0 aromatic heterocycles. The lowest BCUT2D eigenvalue weighted by atomic mass is 9.85. The Hall–Kier alpha value is -2.54. The second kappa shape index (κ2) is 4.78. The van der Waals surface area contributed by atoms with E-state index in [4.69, 9.17) is 0 Å². The largest absolute Gasteiger partial charge is 0.363 e. The van der Waals surface area contributed by atoms with Crippen molar-refractivity contribution in [2.45, 2.75) is 6.04 Å². The first-order valence-corrected chi connectivity index (χ1v) is 7.32. The number of fused-ring (bicyclic) bond motifs is 3. The Morgan fingerprint density at radius 1 is 0.667 bits per heavy atom. The van der Waals surface area contributed by atoms with Crippen molar-refractivity contribution in [1.29, 1.82) is 0 Å². The Labute approximate surface area is 125 Å². The molecule has 1 aliphatic heterocycles. The third-order valence-electron chi connectivity index (χ3n) is 4.33. The molecule has 1 heterocycles. The molecule has 4 rings (SSSR count). The quantitative estimate of drug-likeness (QED) is 0.609. The topological polar surface area (TPSA) is 3.24 Å². The van der Waals surface area contributed by atoms with Crippen LogP contribution >= 0.6 is 0 Å². The molecule has 0 radical (unpaired) electrons. The summed E-state index contributed by atoms with van der Waals surface area (Å²) >= 11 is 0. The third-order valence-corrected chi connectivity index (χ3v) is 4.33. The van der Waals surface area contributed by atoms with Gasteiger partial charge in [-0.3, -0.25) is 0 Å². The highest BCUT2D eigenvalue weighted by Gasteiger charge is 2.28. The summed E-state index contributed by atoms with van der Waals surface area (Å²) in [6, 6.07) is 28.4. The van der Waals surface area contributed by atoms with Gasteiger partial charge >= 0.3 is 0 Å². The van der Waals surface area contributed by atoms with Crippen LogP contribution in [0.25, 0.3) is 11.1 Å². The molecule has 1 aliphatic rings. The molecule has 1 heteroatoms. The van der Waals surface area contributed by atoms with Crippen molar-refractivity contribution in [2.75, 3.05) is 11.9 Å². The average Bonchev–Trinajstić information content (AvgIpc) is 2.56. The van der Waals surface area contributed by atoms with E-state index in [0.29, 0.717) is 0 Å². The molecule has 0 saturated heterocycles. The maximum Gasteiger partial charge on any atom is 0.0798 e.